The predicted octanol–water partition coefficient (Wildman–Crippen LogP) is 4.40. The highest BCUT2D eigenvalue weighted by molar-refractivity contribution is 8.00. The van der Waals surface area contributed by atoms with Gasteiger partial charge in [0.15, 0.2) is 11.5 Å². The number of aromatic amines is 1. The molecule has 1 saturated heterocycles. The van der Waals surface area contributed by atoms with Crippen LogP contribution in [0.2, 0.25) is 0 Å². The van der Waals surface area contributed by atoms with Crippen molar-refractivity contribution in [2.45, 2.75) is 36.5 Å². The molecule has 9 nitrogen and oxygen atoms in total. The van der Waals surface area contributed by atoms with Crippen molar-refractivity contribution in [2.75, 3.05) is 18.1 Å². The van der Waals surface area contributed by atoms with Gasteiger partial charge in [0.2, 0.25) is 11.8 Å². The number of amides is 2. The van der Waals surface area contributed by atoms with E-state index in [1.807, 2.05) is 19.1 Å². The number of benzene rings is 2. The number of thiazole rings is 1. The lowest BCUT2D eigenvalue weighted by Crippen LogP contribution is -2.42. The number of rotatable bonds is 6. The Bertz CT molecular complexity index is 1630. The molecule has 2 amide bonds. The standard InChI is InChI=1S/C30H28N2O7S2/c1-3-38-19-11-14(7-10-18(19)33)20-21-16-12-17(24(21)40-26-25(20)41-30(37)31-26)23-22(16)27(34)32(28(23)35)15-8-5-13(6-9-15)29(36)39-4-2/h5-11,16-17,20-24,33H,3-4,12H2,1-2H3,(H,31,37)/t16-,17-,20+,21+,22+,23+,24-/m1/s1. The number of carbonyl (C=O) groups excluding carboxylic acids is 3. The minimum absolute atomic E-state index is 0.0113. The van der Waals surface area contributed by atoms with Crippen LogP contribution in [0.15, 0.2) is 52.3 Å². The van der Waals surface area contributed by atoms with Crippen molar-refractivity contribution in [1.82, 2.24) is 4.98 Å². The van der Waals surface area contributed by atoms with E-state index < -0.39 is 17.8 Å². The average Bonchev–Trinajstić information content (AvgIpc) is 3.69. The summed E-state index contributed by atoms with van der Waals surface area (Å²) in [6.07, 6.45) is 0.775. The van der Waals surface area contributed by atoms with E-state index in [4.69, 9.17) is 9.47 Å². The van der Waals surface area contributed by atoms with Gasteiger partial charge in [-0.25, -0.2) is 4.79 Å². The zero-order valence-electron chi connectivity index (χ0n) is 22.4. The Hall–Kier alpha value is -3.57. The monoisotopic (exact) mass is 592 g/mol. The highest BCUT2D eigenvalue weighted by Gasteiger charge is 2.69. The van der Waals surface area contributed by atoms with Crippen molar-refractivity contribution in [3.8, 4) is 11.5 Å². The molecule has 7 rings (SSSR count). The molecule has 3 fully saturated rings. The maximum absolute atomic E-state index is 14.0. The van der Waals surface area contributed by atoms with E-state index in [2.05, 4.69) is 4.98 Å². The van der Waals surface area contributed by atoms with Crippen LogP contribution < -0.4 is 14.5 Å². The van der Waals surface area contributed by atoms with Gasteiger partial charge in [-0.1, -0.05) is 17.4 Å². The molecular formula is C30H28N2O7S2. The number of nitrogens with zero attached hydrogens (tertiary/aromatic N) is 1. The van der Waals surface area contributed by atoms with Crippen LogP contribution in [0.4, 0.5) is 5.69 Å². The molecule has 41 heavy (non-hydrogen) atoms. The zero-order chi connectivity index (χ0) is 28.6. The highest BCUT2D eigenvalue weighted by Crippen LogP contribution is 2.68. The van der Waals surface area contributed by atoms with Crippen molar-refractivity contribution >= 4 is 46.6 Å². The van der Waals surface area contributed by atoms with Crippen LogP contribution in [-0.4, -0.2) is 46.3 Å². The molecule has 11 heteroatoms. The summed E-state index contributed by atoms with van der Waals surface area (Å²) in [6.45, 7) is 4.24. The van der Waals surface area contributed by atoms with E-state index in [9.17, 15) is 24.3 Å². The van der Waals surface area contributed by atoms with Crippen molar-refractivity contribution in [3.05, 3.63) is 68.1 Å². The SMILES string of the molecule is CCOC(=O)c1ccc(N2C(=O)[C@H]3[C@H]4C[C@@H]([C@@H]3C2=O)[C@H]2[C@H](c3ccc(O)c(OCC)c3)c3sc(=O)[nH]c3S[C@H]42)cc1. The third-order valence-corrected chi connectivity index (χ3v) is 11.6. The molecule has 0 spiro atoms. The summed E-state index contributed by atoms with van der Waals surface area (Å²) in [5.41, 5.74) is 1.74. The summed E-state index contributed by atoms with van der Waals surface area (Å²) in [6, 6.07) is 11.7. The number of nitrogens with one attached hydrogen (secondary N) is 1. The molecular weight excluding hydrogens is 564 g/mol. The first-order valence-corrected chi connectivity index (χ1v) is 15.5. The Morgan fingerprint density at radius 2 is 1.76 bits per heavy atom. The summed E-state index contributed by atoms with van der Waals surface area (Å²) >= 11 is 2.82. The molecule has 4 aliphatic rings. The van der Waals surface area contributed by atoms with Crippen LogP contribution in [-0.2, 0) is 14.3 Å². The smallest absolute Gasteiger partial charge is 0.338 e. The number of anilines is 1. The van der Waals surface area contributed by atoms with Gasteiger partial charge in [0.1, 0.15) is 0 Å². The number of ether oxygens (including phenoxy) is 2. The predicted molar refractivity (Wildman–Crippen MR) is 153 cm³/mol. The second-order valence-corrected chi connectivity index (χ2v) is 13.1. The summed E-state index contributed by atoms with van der Waals surface area (Å²) in [5, 5.41) is 11.2. The molecule has 1 aromatic heterocycles. The van der Waals surface area contributed by atoms with Gasteiger partial charge < -0.3 is 19.6 Å². The normalized spacial score (nSPS) is 29.3. The number of hydrogen-bond acceptors (Lipinski definition) is 9. The lowest BCUT2D eigenvalue weighted by atomic mass is 9.68. The fourth-order valence-corrected chi connectivity index (χ4v) is 10.5. The molecule has 2 aliphatic heterocycles. The summed E-state index contributed by atoms with van der Waals surface area (Å²) < 4.78 is 10.7. The number of hydrogen-bond donors (Lipinski definition) is 2. The Morgan fingerprint density at radius 1 is 1.02 bits per heavy atom. The molecule has 2 aromatic carbocycles. The molecule has 3 heterocycles. The topological polar surface area (TPSA) is 126 Å². The maximum Gasteiger partial charge on any atom is 0.338 e. The molecule has 0 radical (unpaired) electrons. The summed E-state index contributed by atoms with van der Waals surface area (Å²) in [5.74, 6) is -1.46. The summed E-state index contributed by atoms with van der Waals surface area (Å²) in [7, 11) is 0. The van der Waals surface area contributed by atoms with Crippen LogP contribution in [0.25, 0.3) is 0 Å². The minimum Gasteiger partial charge on any atom is -0.504 e. The molecule has 2 N–H and O–H groups in total. The second kappa shape index (κ2) is 9.77. The number of aromatic nitrogens is 1. The van der Waals surface area contributed by atoms with Crippen LogP contribution >= 0.6 is 23.1 Å². The molecule has 2 saturated carbocycles. The highest BCUT2D eigenvalue weighted by atomic mass is 32.2. The molecule has 3 aromatic rings. The van der Waals surface area contributed by atoms with Crippen molar-refractivity contribution < 1.29 is 29.0 Å². The van der Waals surface area contributed by atoms with Crippen LogP contribution in [0.3, 0.4) is 0 Å². The van der Waals surface area contributed by atoms with Crippen LogP contribution in [0, 0.1) is 29.6 Å². The largest absolute Gasteiger partial charge is 0.504 e. The van der Waals surface area contributed by atoms with Crippen LogP contribution in [0.1, 0.15) is 47.0 Å². The molecule has 212 valence electrons. The van der Waals surface area contributed by atoms with Gasteiger partial charge in [0.25, 0.3) is 0 Å². The Balaban J connectivity index is 1.26. The van der Waals surface area contributed by atoms with E-state index in [1.54, 1.807) is 49.0 Å². The number of H-pyrrole nitrogens is 1. The zero-order valence-corrected chi connectivity index (χ0v) is 24.0. The lowest BCUT2D eigenvalue weighted by Gasteiger charge is -2.43. The molecule has 2 aliphatic carbocycles. The van der Waals surface area contributed by atoms with Gasteiger partial charge in [-0.3, -0.25) is 19.3 Å². The first-order valence-electron chi connectivity index (χ1n) is 13.8. The Morgan fingerprint density at radius 3 is 2.46 bits per heavy atom. The van der Waals surface area contributed by atoms with Gasteiger partial charge in [0.05, 0.1) is 41.3 Å². The lowest BCUT2D eigenvalue weighted by molar-refractivity contribution is -0.123. The van der Waals surface area contributed by atoms with E-state index >= 15 is 0 Å². The Kier molecular flexibility index (Phi) is 6.27. The third-order valence-electron chi connectivity index (χ3n) is 9.00. The van der Waals surface area contributed by atoms with Crippen molar-refractivity contribution in [1.29, 1.82) is 0 Å². The number of phenolic OH excluding ortho intramolecular Hbond substituents is 1. The fraction of sp³-hybridized carbons (Fsp3) is 0.400. The molecule has 0 unspecified atom stereocenters. The average molecular weight is 593 g/mol. The first kappa shape index (κ1) is 26.3. The number of carbonyl (C=O) groups is 3. The minimum atomic E-state index is -0.451. The van der Waals surface area contributed by atoms with Gasteiger partial charge in [-0.15, -0.1) is 11.8 Å². The maximum atomic E-state index is 14.0. The van der Waals surface area contributed by atoms with Crippen molar-refractivity contribution in [3.63, 3.8) is 0 Å². The number of thioether (sulfide) groups is 1. The van der Waals surface area contributed by atoms with E-state index in [-0.39, 0.29) is 58.0 Å². The van der Waals surface area contributed by atoms with Gasteiger partial charge >= 0.3 is 10.8 Å². The number of fused-ring (bicyclic) bond motifs is 9. The number of esters is 1. The Labute approximate surface area is 243 Å². The van der Waals surface area contributed by atoms with Gasteiger partial charge in [-0.2, -0.15) is 0 Å². The summed E-state index contributed by atoms with van der Waals surface area (Å²) in [4.78, 5) is 57.5. The van der Waals surface area contributed by atoms with E-state index in [0.29, 0.717) is 23.6 Å². The van der Waals surface area contributed by atoms with Gasteiger partial charge in [-0.05, 0) is 80.0 Å². The second-order valence-electron chi connectivity index (χ2n) is 10.9. The number of aromatic hydroxyl groups is 1. The van der Waals surface area contributed by atoms with Gasteiger partial charge in [0, 0.05) is 16.0 Å². The number of phenols is 1. The molecule has 2 bridgehead atoms. The fourth-order valence-electron chi connectivity index (χ4n) is 7.60. The first-order chi connectivity index (χ1) is 19.8. The number of imide groups is 1. The molecule has 7 atom stereocenters. The van der Waals surface area contributed by atoms with E-state index in [1.165, 1.54) is 16.2 Å². The quantitative estimate of drug-likeness (QED) is 0.319. The van der Waals surface area contributed by atoms with Crippen molar-refractivity contribution in [2.24, 2.45) is 29.6 Å². The van der Waals surface area contributed by atoms with E-state index in [0.717, 1.165) is 21.9 Å². The third kappa shape index (κ3) is 3.89. The van der Waals surface area contributed by atoms with Crippen LogP contribution in [0.5, 0.6) is 11.5 Å².